The van der Waals surface area contributed by atoms with Crippen LogP contribution >= 0.6 is 0 Å². The van der Waals surface area contributed by atoms with E-state index in [-0.39, 0.29) is 6.04 Å². The van der Waals surface area contributed by atoms with Gasteiger partial charge in [0.05, 0.1) is 12.6 Å². The van der Waals surface area contributed by atoms with E-state index in [1.165, 1.54) is 5.39 Å². The fourth-order valence-corrected chi connectivity index (χ4v) is 1.90. The summed E-state index contributed by atoms with van der Waals surface area (Å²) in [6.45, 7) is 3.41. The van der Waals surface area contributed by atoms with E-state index in [0.29, 0.717) is 6.61 Å². The van der Waals surface area contributed by atoms with E-state index in [9.17, 15) is 0 Å². The van der Waals surface area contributed by atoms with E-state index >= 15 is 0 Å². The Hall–Kier alpha value is -1.45. The van der Waals surface area contributed by atoms with Crippen molar-refractivity contribution in [1.29, 1.82) is 0 Å². The molecular weight excluding hydrogens is 212 g/mol. The zero-order valence-electron chi connectivity index (χ0n) is 10.1. The summed E-state index contributed by atoms with van der Waals surface area (Å²) in [6.07, 6.45) is 4.68. The molecule has 1 atom stereocenters. The minimum absolute atomic E-state index is 0.0885. The molecule has 90 valence electrons. The molecule has 0 aliphatic rings. The van der Waals surface area contributed by atoms with Gasteiger partial charge in [0, 0.05) is 24.4 Å². The smallest absolute Gasteiger partial charge is 0.0659 e. The summed E-state index contributed by atoms with van der Waals surface area (Å²) in [7, 11) is 0. The van der Waals surface area contributed by atoms with Crippen molar-refractivity contribution in [2.24, 2.45) is 5.73 Å². The van der Waals surface area contributed by atoms with Gasteiger partial charge in [-0.05, 0) is 23.4 Å². The number of rotatable bonds is 5. The van der Waals surface area contributed by atoms with E-state index in [0.717, 1.165) is 24.0 Å². The van der Waals surface area contributed by atoms with Gasteiger partial charge in [-0.2, -0.15) is 0 Å². The quantitative estimate of drug-likeness (QED) is 0.803. The largest absolute Gasteiger partial charge is 0.379 e. The Balaban J connectivity index is 2.22. The molecule has 17 heavy (non-hydrogen) atoms. The van der Waals surface area contributed by atoms with Crippen LogP contribution in [0.5, 0.6) is 0 Å². The topological polar surface area (TPSA) is 48.1 Å². The van der Waals surface area contributed by atoms with Crippen LogP contribution in [-0.4, -0.2) is 18.2 Å². The third-order valence-electron chi connectivity index (χ3n) is 2.76. The molecule has 2 rings (SSSR count). The SMILES string of the molecule is CCCOCC(N)c1cccc2ccncc12. The van der Waals surface area contributed by atoms with Crippen LogP contribution in [0.2, 0.25) is 0 Å². The molecule has 0 spiro atoms. The molecule has 1 unspecified atom stereocenters. The van der Waals surface area contributed by atoms with Crippen molar-refractivity contribution >= 4 is 10.8 Å². The summed E-state index contributed by atoms with van der Waals surface area (Å²) in [4.78, 5) is 4.16. The molecule has 0 aliphatic carbocycles. The van der Waals surface area contributed by atoms with Gasteiger partial charge < -0.3 is 10.5 Å². The van der Waals surface area contributed by atoms with Gasteiger partial charge in [-0.15, -0.1) is 0 Å². The fraction of sp³-hybridized carbons (Fsp3) is 0.357. The number of hydrogen-bond donors (Lipinski definition) is 1. The van der Waals surface area contributed by atoms with Crippen LogP contribution in [0.3, 0.4) is 0 Å². The van der Waals surface area contributed by atoms with E-state index in [4.69, 9.17) is 10.5 Å². The first-order valence-electron chi connectivity index (χ1n) is 5.99. The lowest BCUT2D eigenvalue weighted by Gasteiger charge is -2.14. The molecule has 3 nitrogen and oxygen atoms in total. The highest BCUT2D eigenvalue weighted by Gasteiger charge is 2.09. The minimum atomic E-state index is -0.0885. The molecule has 0 fully saturated rings. The van der Waals surface area contributed by atoms with Crippen LogP contribution in [0.1, 0.15) is 24.9 Å². The summed E-state index contributed by atoms with van der Waals surface area (Å²) >= 11 is 0. The van der Waals surface area contributed by atoms with E-state index in [1.807, 2.05) is 24.4 Å². The van der Waals surface area contributed by atoms with Crippen molar-refractivity contribution in [3.63, 3.8) is 0 Å². The molecule has 2 N–H and O–H groups in total. The summed E-state index contributed by atoms with van der Waals surface area (Å²) in [5.74, 6) is 0. The first-order valence-corrected chi connectivity index (χ1v) is 5.99. The highest BCUT2D eigenvalue weighted by molar-refractivity contribution is 5.85. The molecule has 2 aromatic rings. The molecule has 0 bridgehead atoms. The second kappa shape index (κ2) is 5.75. The Morgan fingerprint density at radius 1 is 1.35 bits per heavy atom. The summed E-state index contributed by atoms with van der Waals surface area (Å²) in [5, 5.41) is 2.28. The van der Waals surface area contributed by atoms with Crippen LogP contribution in [0.25, 0.3) is 10.8 Å². The van der Waals surface area contributed by atoms with Gasteiger partial charge in [-0.25, -0.2) is 0 Å². The molecule has 0 amide bonds. The monoisotopic (exact) mass is 230 g/mol. The van der Waals surface area contributed by atoms with Crippen molar-refractivity contribution in [3.8, 4) is 0 Å². The zero-order chi connectivity index (χ0) is 12.1. The average Bonchev–Trinajstić information content (AvgIpc) is 2.38. The lowest BCUT2D eigenvalue weighted by Crippen LogP contribution is -2.17. The van der Waals surface area contributed by atoms with Gasteiger partial charge in [-0.1, -0.05) is 25.1 Å². The highest BCUT2D eigenvalue weighted by Crippen LogP contribution is 2.22. The van der Waals surface area contributed by atoms with Crippen molar-refractivity contribution in [2.45, 2.75) is 19.4 Å². The van der Waals surface area contributed by atoms with Gasteiger partial charge in [0.15, 0.2) is 0 Å². The molecule has 3 heteroatoms. The fourth-order valence-electron chi connectivity index (χ4n) is 1.90. The first kappa shape index (κ1) is 12.0. The molecule has 1 aromatic heterocycles. The molecular formula is C14H18N2O. The van der Waals surface area contributed by atoms with Gasteiger partial charge in [0.2, 0.25) is 0 Å². The third kappa shape index (κ3) is 2.81. The van der Waals surface area contributed by atoms with Gasteiger partial charge in [-0.3, -0.25) is 4.98 Å². The highest BCUT2D eigenvalue weighted by atomic mass is 16.5. The Morgan fingerprint density at radius 3 is 3.06 bits per heavy atom. The molecule has 0 saturated heterocycles. The molecule has 0 saturated carbocycles. The number of benzene rings is 1. The number of fused-ring (bicyclic) bond motifs is 1. The number of nitrogens with two attached hydrogens (primary N) is 1. The Morgan fingerprint density at radius 2 is 2.24 bits per heavy atom. The molecule has 0 aliphatic heterocycles. The molecule has 0 radical (unpaired) electrons. The van der Waals surface area contributed by atoms with Gasteiger partial charge >= 0.3 is 0 Å². The standard InChI is InChI=1S/C14H18N2O/c1-2-8-17-10-14(15)12-5-3-4-11-6-7-16-9-13(11)12/h3-7,9,14H,2,8,10,15H2,1H3. The first-order chi connectivity index (χ1) is 8.33. The van der Waals surface area contributed by atoms with Gasteiger partial charge in [0.25, 0.3) is 0 Å². The number of hydrogen-bond acceptors (Lipinski definition) is 3. The lowest BCUT2D eigenvalue weighted by molar-refractivity contribution is 0.122. The summed E-state index contributed by atoms with van der Waals surface area (Å²) in [6, 6.07) is 8.05. The lowest BCUT2D eigenvalue weighted by atomic mass is 10.0. The van der Waals surface area contributed by atoms with Crippen molar-refractivity contribution in [3.05, 3.63) is 42.2 Å². The molecule has 1 aromatic carbocycles. The maximum atomic E-state index is 6.15. The van der Waals surface area contributed by atoms with Crippen LogP contribution < -0.4 is 5.73 Å². The third-order valence-corrected chi connectivity index (χ3v) is 2.76. The Labute approximate surface area is 102 Å². The van der Waals surface area contributed by atoms with Crippen LogP contribution in [0.15, 0.2) is 36.7 Å². The van der Waals surface area contributed by atoms with E-state index in [1.54, 1.807) is 6.20 Å². The van der Waals surface area contributed by atoms with Crippen molar-refractivity contribution < 1.29 is 4.74 Å². The van der Waals surface area contributed by atoms with E-state index < -0.39 is 0 Å². The van der Waals surface area contributed by atoms with Gasteiger partial charge in [0.1, 0.15) is 0 Å². The molecule has 1 heterocycles. The predicted octanol–water partition coefficient (Wildman–Crippen LogP) is 2.66. The second-order valence-electron chi connectivity index (χ2n) is 4.13. The maximum Gasteiger partial charge on any atom is 0.0659 e. The van der Waals surface area contributed by atoms with Crippen molar-refractivity contribution in [2.75, 3.05) is 13.2 Å². The summed E-state index contributed by atoms with van der Waals surface area (Å²) < 4.78 is 5.50. The summed E-state index contributed by atoms with van der Waals surface area (Å²) in [5.41, 5.74) is 7.25. The minimum Gasteiger partial charge on any atom is -0.379 e. The van der Waals surface area contributed by atoms with Crippen LogP contribution in [0, 0.1) is 0 Å². The average molecular weight is 230 g/mol. The normalized spacial score (nSPS) is 12.8. The van der Waals surface area contributed by atoms with E-state index in [2.05, 4.69) is 18.0 Å². The second-order valence-corrected chi connectivity index (χ2v) is 4.13. The number of aromatic nitrogens is 1. The van der Waals surface area contributed by atoms with Crippen LogP contribution in [-0.2, 0) is 4.74 Å². The Bertz CT molecular complexity index is 479. The number of nitrogens with zero attached hydrogens (tertiary/aromatic N) is 1. The zero-order valence-corrected chi connectivity index (χ0v) is 10.1. The number of ether oxygens (including phenoxy) is 1. The Kier molecular flexibility index (Phi) is 4.07. The number of pyridine rings is 1. The van der Waals surface area contributed by atoms with Crippen molar-refractivity contribution in [1.82, 2.24) is 4.98 Å². The predicted molar refractivity (Wildman–Crippen MR) is 69.8 cm³/mol. The maximum absolute atomic E-state index is 6.15. The van der Waals surface area contributed by atoms with Crippen LogP contribution in [0.4, 0.5) is 0 Å².